The molecule has 0 radical (unpaired) electrons. The van der Waals surface area contributed by atoms with Gasteiger partial charge in [0, 0.05) is 43.4 Å². The number of aromatic nitrogens is 2. The number of pyridine rings is 2. The van der Waals surface area contributed by atoms with Gasteiger partial charge in [0.05, 0.1) is 26.2 Å². The zero-order chi connectivity index (χ0) is 24.2. The molecule has 0 spiro atoms. The van der Waals surface area contributed by atoms with Gasteiger partial charge in [-0.15, -0.1) is 11.8 Å². The number of rotatable bonds is 6. The van der Waals surface area contributed by atoms with Gasteiger partial charge in [0.15, 0.2) is 0 Å². The lowest BCUT2D eigenvalue weighted by molar-refractivity contribution is 0.0769. The van der Waals surface area contributed by atoms with Crippen molar-refractivity contribution in [3.8, 4) is 11.9 Å². The van der Waals surface area contributed by atoms with Crippen molar-refractivity contribution in [1.82, 2.24) is 14.9 Å². The number of thioether (sulfide) groups is 1. The quantitative estimate of drug-likeness (QED) is 0.394. The third-order valence-corrected chi connectivity index (χ3v) is 7.39. The normalized spacial score (nSPS) is 18.4. The van der Waals surface area contributed by atoms with Gasteiger partial charge in [-0.25, -0.2) is 9.97 Å². The van der Waals surface area contributed by atoms with E-state index in [-0.39, 0.29) is 23.8 Å². The number of halogens is 2. The van der Waals surface area contributed by atoms with Crippen LogP contribution >= 0.6 is 35.0 Å². The molecule has 0 N–H and O–H groups in total. The molecule has 1 amide bonds. The van der Waals surface area contributed by atoms with Crippen LogP contribution in [0.4, 0.5) is 0 Å². The maximum atomic E-state index is 13.3. The first-order chi connectivity index (χ1) is 16.4. The van der Waals surface area contributed by atoms with E-state index < -0.39 is 0 Å². The van der Waals surface area contributed by atoms with Crippen LogP contribution in [-0.4, -0.2) is 46.2 Å². The van der Waals surface area contributed by atoms with Crippen molar-refractivity contribution in [2.45, 2.75) is 24.0 Å². The molecule has 3 aromatic rings. The molecule has 3 atom stereocenters. The van der Waals surface area contributed by atoms with Gasteiger partial charge in [0.1, 0.15) is 12.2 Å². The fraction of sp³-hybridized carbons (Fsp3) is 0.280. The van der Waals surface area contributed by atoms with Gasteiger partial charge < -0.3 is 9.64 Å². The van der Waals surface area contributed by atoms with Gasteiger partial charge in [-0.05, 0) is 49.1 Å². The van der Waals surface area contributed by atoms with Gasteiger partial charge >= 0.3 is 0 Å². The molecule has 6 nitrogen and oxygen atoms in total. The lowest BCUT2D eigenvalue weighted by atomic mass is 9.86. The highest BCUT2D eigenvalue weighted by Crippen LogP contribution is 2.38. The molecule has 1 fully saturated rings. The average Bonchev–Trinajstić information content (AvgIpc) is 3.31. The second-order valence-corrected chi connectivity index (χ2v) is 9.70. The van der Waals surface area contributed by atoms with Crippen LogP contribution in [0.15, 0.2) is 59.9 Å². The maximum Gasteiger partial charge on any atom is 0.255 e. The van der Waals surface area contributed by atoms with Crippen LogP contribution in [0.25, 0.3) is 0 Å². The molecular formula is C25H22Cl2N4O2S. The number of hydrogen-bond donors (Lipinski definition) is 0. The van der Waals surface area contributed by atoms with E-state index in [9.17, 15) is 4.79 Å². The summed E-state index contributed by atoms with van der Waals surface area (Å²) in [5.74, 6) is 0.333. The summed E-state index contributed by atoms with van der Waals surface area (Å²) >= 11 is 14.0. The van der Waals surface area contributed by atoms with Crippen LogP contribution in [0, 0.1) is 17.2 Å². The second-order valence-electron chi connectivity index (χ2n) is 8.06. The zero-order valence-electron chi connectivity index (χ0n) is 18.6. The van der Waals surface area contributed by atoms with Crippen LogP contribution in [0.5, 0.6) is 5.88 Å². The van der Waals surface area contributed by atoms with Crippen molar-refractivity contribution < 1.29 is 9.53 Å². The fourth-order valence-electron chi connectivity index (χ4n) is 4.17. The fourth-order valence-corrected chi connectivity index (χ4v) is 4.84. The zero-order valence-corrected chi connectivity index (χ0v) is 20.9. The van der Waals surface area contributed by atoms with E-state index in [0.29, 0.717) is 40.1 Å². The third kappa shape index (κ3) is 5.30. The van der Waals surface area contributed by atoms with Gasteiger partial charge in [-0.2, -0.15) is 5.26 Å². The minimum Gasteiger partial charge on any atom is -0.474 e. The van der Waals surface area contributed by atoms with Crippen molar-refractivity contribution in [2.24, 2.45) is 5.92 Å². The highest BCUT2D eigenvalue weighted by atomic mass is 35.5. The van der Waals surface area contributed by atoms with Crippen LogP contribution in [0.3, 0.4) is 0 Å². The predicted octanol–water partition coefficient (Wildman–Crippen LogP) is 5.70. The molecule has 34 heavy (non-hydrogen) atoms. The standard InChI is InChI=1S/C25H22Cl2N4O2S/c1-15(33-23-7-3-16(10-28)11-29-23)19-13-31(25(32)18-5-8-24(34-2)30-12-18)14-20(19)17-4-6-21(26)22(27)9-17/h3-9,11-12,15,19-20H,13-14H2,1-2H3/t15-,19?,20+/m0/s1. The Morgan fingerprint density at radius 3 is 2.59 bits per heavy atom. The van der Waals surface area contributed by atoms with Crippen molar-refractivity contribution in [3.63, 3.8) is 0 Å². The number of amides is 1. The van der Waals surface area contributed by atoms with E-state index >= 15 is 0 Å². The second kappa shape index (κ2) is 10.6. The molecule has 4 rings (SSSR count). The number of hydrogen-bond acceptors (Lipinski definition) is 6. The Bertz CT molecular complexity index is 1220. The molecule has 1 unspecified atom stereocenters. The smallest absolute Gasteiger partial charge is 0.255 e. The molecule has 174 valence electrons. The number of nitriles is 1. The van der Waals surface area contributed by atoms with Gasteiger partial charge in [0.2, 0.25) is 5.88 Å². The summed E-state index contributed by atoms with van der Waals surface area (Å²) in [7, 11) is 0. The Morgan fingerprint density at radius 1 is 1.15 bits per heavy atom. The minimum atomic E-state index is -0.255. The van der Waals surface area contributed by atoms with Crippen LogP contribution in [0.2, 0.25) is 10.0 Å². The van der Waals surface area contributed by atoms with E-state index in [1.165, 1.54) is 18.0 Å². The Hall–Kier alpha value is -2.79. The highest BCUT2D eigenvalue weighted by Gasteiger charge is 2.40. The molecule has 1 aromatic carbocycles. The number of carbonyl (C=O) groups is 1. The number of nitrogens with zero attached hydrogens (tertiary/aromatic N) is 4. The van der Waals surface area contributed by atoms with E-state index in [2.05, 4.69) is 16.0 Å². The summed E-state index contributed by atoms with van der Waals surface area (Å²) < 4.78 is 6.13. The number of benzene rings is 1. The summed E-state index contributed by atoms with van der Waals surface area (Å²) in [5, 5.41) is 10.8. The molecule has 0 saturated carbocycles. The predicted molar refractivity (Wildman–Crippen MR) is 134 cm³/mol. The van der Waals surface area contributed by atoms with E-state index in [4.69, 9.17) is 33.2 Å². The van der Waals surface area contributed by atoms with Crippen molar-refractivity contribution >= 4 is 40.9 Å². The number of carbonyl (C=O) groups excluding carboxylic acids is 1. The van der Waals surface area contributed by atoms with Gasteiger partial charge in [-0.3, -0.25) is 4.79 Å². The first kappa shape index (κ1) is 24.3. The molecular weight excluding hydrogens is 491 g/mol. The number of ether oxygens (including phenoxy) is 1. The molecule has 1 aliphatic rings. The molecule has 2 aromatic heterocycles. The molecule has 0 bridgehead atoms. The van der Waals surface area contributed by atoms with E-state index in [1.54, 1.807) is 24.4 Å². The van der Waals surface area contributed by atoms with Crippen molar-refractivity contribution in [3.05, 3.63) is 81.6 Å². The lowest BCUT2D eigenvalue weighted by Crippen LogP contribution is -2.32. The summed E-state index contributed by atoms with van der Waals surface area (Å²) in [6.45, 7) is 2.99. The van der Waals surface area contributed by atoms with E-state index in [0.717, 1.165) is 10.6 Å². The summed E-state index contributed by atoms with van der Waals surface area (Å²) in [6, 6.07) is 14.6. The van der Waals surface area contributed by atoms with Crippen molar-refractivity contribution in [1.29, 1.82) is 5.26 Å². The molecule has 9 heteroatoms. The Morgan fingerprint density at radius 2 is 1.97 bits per heavy atom. The lowest BCUT2D eigenvalue weighted by Gasteiger charge is -2.25. The number of likely N-dealkylation sites (tertiary alicyclic amines) is 1. The average molecular weight is 513 g/mol. The van der Waals surface area contributed by atoms with Crippen LogP contribution in [0.1, 0.15) is 34.3 Å². The topological polar surface area (TPSA) is 79.1 Å². The monoisotopic (exact) mass is 512 g/mol. The van der Waals surface area contributed by atoms with Crippen LogP contribution < -0.4 is 4.74 Å². The maximum absolute atomic E-state index is 13.3. The van der Waals surface area contributed by atoms with E-state index in [1.807, 2.05) is 42.3 Å². The Balaban J connectivity index is 1.59. The third-order valence-electron chi connectivity index (χ3n) is 5.99. The first-order valence-corrected chi connectivity index (χ1v) is 12.6. The minimum absolute atomic E-state index is 0.00877. The molecule has 1 saturated heterocycles. The van der Waals surface area contributed by atoms with Gasteiger partial charge in [-0.1, -0.05) is 29.3 Å². The SMILES string of the molecule is CSc1ccc(C(=O)N2CC([C@H](C)Oc3ccc(C#N)cn3)[C@@H](c3ccc(Cl)c(Cl)c3)C2)cn1. The Labute approximate surface area is 212 Å². The highest BCUT2D eigenvalue weighted by molar-refractivity contribution is 7.98. The summed E-state index contributed by atoms with van der Waals surface area (Å²) in [5.41, 5.74) is 2.01. The van der Waals surface area contributed by atoms with Crippen molar-refractivity contribution in [2.75, 3.05) is 19.3 Å². The van der Waals surface area contributed by atoms with Gasteiger partial charge in [0.25, 0.3) is 5.91 Å². The molecule has 3 heterocycles. The molecule has 0 aliphatic carbocycles. The first-order valence-electron chi connectivity index (χ1n) is 10.7. The summed E-state index contributed by atoms with van der Waals surface area (Å²) in [4.78, 5) is 23.7. The summed E-state index contributed by atoms with van der Waals surface area (Å²) in [6.07, 6.45) is 4.79. The largest absolute Gasteiger partial charge is 0.474 e. The van der Waals surface area contributed by atoms with Crippen LogP contribution in [-0.2, 0) is 0 Å². The molecule has 1 aliphatic heterocycles. The Kier molecular flexibility index (Phi) is 7.62.